The molecule has 0 aliphatic heterocycles. The van der Waals surface area contributed by atoms with Gasteiger partial charge in [-0.3, -0.25) is 0 Å². The maximum absolute atomic E-state index is 5.64. The van der Waals surface area contributed by atoms with Crippen LogP contribution in [0.15, 0.2) is 54.6 Å². The van der Waals surface area contributed by atoms with E-state index in [-0.39, 0.29) is 0 Å². The van der Waals surface area contributed by atoms with Crippen LogP contribution in [0, 0.1) is 6.07 Å². The van der Waals surface area contributed by atoms with Crippen molar-refractivity contribution in [2.45, 2.75) is 32.1 Å². The van der Waals surface area contributed by atoms with E-state index < -0.39 is 0 Å². The van der Waals surface area contributed by atoms with Gasteiger partial charge in [-0.2, -0.15) is 0 Å². The zero-order valence-electron chi connectivity index (χ0n) is 11.3. The molecular formula is C18H21O. The molecule has 0 aliphatic carbocycles. The topological polar surface area (TPSA) is 9.23 Å². The van der Waals surface area contributed by atoms with Crippen LogP contribution in [0.4, 0.5) is 0 Å². The number of rotatable bonds is 8. The lowest BCUT2D eigenvalue weighted by atomic mass is 10.1. The second-order valence-electron chi connectivity index (χ2n) is 4.74. The molecule has 0 unspecified atom stereocenters. The summed E-state index contributed by atoms with van der Waals surface area (Å²) < 4.78 is 5.64. The minimum atomic E-state index is 0.809. The van der Waals surface area contributed by atoms with Crippen molar-refractivity contribution in [1.82, 2.24) is 0 Å². The van der Waals surface area contributed by atoms with Gasteiger partial charge in [0.05, 0.1) is 6.61 Å². The highest BCUT2D eigenvalue weighted by molar-refractivity contribution is 5.19. The number of aryl methyl sites for hydroxylation is 1. The first-order valence-corrected chi connectivity index (χ1v) is 7.08. The molecule has 2 aromatic carbocycles. The fraction of sp³-hybridized carbons (Fsp3) is 0.333. The van der Waals surface area contributed by atoms with Crippen LogP contribution in [-0.4, -0.2) is 6.61 Å². The van der Waals surface area contributed by atoms with E-state index in [9.17, 15) is 0 Å². The molecule has 0 saturated carbocycles. The van der Waals surface area contributed by atoms with Gasteiger partial charge in [0.15, 0.2) is 0 Å². The fourth-order valence-corrected chi connectivity index (χ4v) is 2.09. The summed E-state index contributed by atoms with van der Waals surface area (Å²) in [6, 6.07) is 21.4. The second kappa shape index (κ2) is 8.36. The van der Waals surface area contributed by atoms with Crippen molar-refractivity contribution in [2.24, 2.45) is 0 Å². The Hall–Kier alpha value is -1.76. The lowest BCUT2D eigenvalue weighted by Crippen LogP contribution is -1.97. The van der Waals surface area contributed by atoms with Crippen molar-refractivity contribution < 1.29 is 4.74 Å². The molecule has 0 aliphatic rings. The number of unbranched alkanes of at least 4 members (excludes halogenated alkanes) is 3. The Morgan fingerprint density at radius 3 is 2.47 bits per heavy atom. The van der Waals surface area contributed by atoms with Crippen molar-refractivity contribution in [1.29, 1.82) is 0 Å². The molecule has 99 valence electrons. The van der Waals surface area contributed by atoms with Gasteiger partial charge in [0.1, 0.15) is 5.75 Å². The molecule has 0 saturated heterocycles. The fourth-order valence-electron chi connectivity index (χ4n) is 2.09. The van der Waals surface area contributed by atoms with E-state index in [1.54, 1.807) is 0 Å². The minimum absolute atomic E-state index is 0.809. The first kappa shape index (κ1) is 13.7. The van der Waals surface area contributed by atoms with E-state index in [0.717, 1.165) is 18.8 Å². The highest BCUT2D eigenvalue weighted by atomic mass is 16.5. The Bertz CT molecular complexity index is 392. The highest BCUT2D eigenvalue weighted by Gasteiger charge is 1.94. The minimum Gasteiger partial charge on any atom is -0.494 e. The van der Waals surface area contributed by atoms with Crippen molar-refractivity contribution in [3.05, 3.63) is 66.2 Å². The summed E-state index contributed by atoms with van der Waals surface area (Å²) in [6.45, 7) is 0.809. The quantitative estimate of drug-likeness (QED) is 0.621. The van der Waals surface area contributed by atoms with Crippen LogP contribution in [0.3, 0.4) is 0 Å². The lowest BCUT2D eigenvalue weighted by Gasteiger charge is -2.05. The maximum atomic E-state index is 5.64. The molecule has 0 N–H and O–H groups in total. The largest absolute Gasteiger partial charge is 0.494 e. The predicted molar refractivity (Wildman–Crippen MR) is 79.4 cm³/mol. The summed E-state index contributed by atoms with van der Waals surface area (Å²) in [7, 11) is 0. The molecule has 0 heterocycles. The summed E-state index contributed by atoms with van der Waals surface area (Å²) in [5.41, 5.74) is 1.44. The summed E-state index contributed by atoms with van der Waals surface area (Å²) >= 11 is 0. The lowest BCUT2D eigenvalue weighted by molar-refractivity contribution is 0.304. The zero-order chi connectivity index (χ0) is 13.2. The Labute approximate surface area is 116 Å². The predicted octanol–water partition coefficient (Wildman–Crippen LogP) is 4.67. The van der Waals surface area contributed by atoms with E-state index in [4.69, 9.17) is 4.74 Å². The normalized spacial score (nSPS) is 10.3. The zero-order valence-corrected chi connectivity index (χ0v) is 11.3. The van der Waals surface area contributed by atoms with Gasteiger partial charge in [0, 0.05) is 0 Å². The van der Waals surface area contributed by atoms with Gasteiger partial charge < -0.3 is 4.74 Å². The molecule has 1 heteroatoms. The van der Waals surface area contributed by atoms with Crippen LogP contribution in [-0.2, 0) is 6.42 Å². The first-order chi connectivity index (χ1) is 9.45. The summed E-state index contributed by atoms with van der Waals surface area (Å²) in [5.74, 6) is 0.923. The molecule has 2 aromatic rings. The van der Waals surface area contributed by atoms with E-state index >= 15 is 0 Å². The average molecular weight is 253 g/mol. The molecule has 0 atom stereocenters. The van der Waals surface area contributed by atoms with Gasteiger partial charge in [-0.15, -0.1) is 0 Å². The Morgan fingerprint density at radius 2 is 1.68 bits per heavy atom. The molecule has 0 spiro atoms. The first-order valence-electron chi connectivity index (χ1n) is 7.08. The molecule has 19 heavy (non-hydrogen) atoms. The van der Waals surface area contributed by atoms with Crippen LogP contribution in [0.25, 0.3) is 0 Å². The molecule has 1 nitrogen and oxygen atoms in total. The van der Waals surface area contributed by atoms with Crippen molar-refractivity contribution >= 4 is 0 Å². The smallest absolute Gasteiger partial charge is 0.119 e. The van der Waals surface area contributed by atoms with E-state index in [1.807, 2.05) is 24.3 Å². The van der Waals surface area contributed by atoms with Gasteiger partial charge >= 0.3 is 0 Å². The number of hydrogen-bond acceptors (Lipinski definition) is 1. The molecule has 1 radical (unpaired) electrons. The molecular weight excluding hydrogens is 232 g/mol. The van der Waals surface area contributed by atoms with E-state index in [1.165, 1.54) is 31.2 Å². The number of ether oxygens (including phenoxy) is 1. The van der Waals surface area contributed by atoms with E-state index in [0.29, 0.717) is 0 Å². The molecule has 0 aromatic heterocycles. The summed E-state index contributed by atoms with van der Waals surface area (Å²) in [5, 5.41) is 0. The van der Waals surface area contributed by atoms with Gasteiger partial charge in [0.2, 0.25) is 0 Å². The van der Waals surface area contributed by atoms with Gasteiger partial charge in [0.25, 0.3) is 0 Å². The third-order valence-corrected chi connectivity index (χ3v) is 3.15. The van der Waals surface area contributed by atoms with Gasteiger partial charge in [-0.25, -0.2) is 0 Å². The number of benzene rings is 2. The molecule has 0 amide bonds. The van der Waals surface area contributed by atoms with Gasteiger partial charge in [-0.1, -0.05) is 55.3 Å². The van der Waals surface area contributed by atoms with Crippen molar-refractivity contribution in [3.63, 3.8) is 0 Å². The van der Waals surface area contributed by atoms with Crippen LogP contribution >= 0.6 is 0 Å². The number of hydrogen-bond donors (Lipinski definition) is 0. The molecule has 0 fully saturated rings. The Balaban J connectivity index is 1.49. The van der Waals surface area contributed by atoms with Crippen LogP contribution in [0.5, 0.6) is 5.75 Å². The maximum Gasteiger partial charge on any atom is 0.119 e. The second-order valence-corrected chi connectivity index (χ2v) is 4.74. The Morgan fingerprint density at radius 1 is 0.842 bits per heavy atom. The standard InChI is InChI=1S/C18H21O/c1(5-11-17-12-6-3-7-13-17)2-10-16-19-18-14-8-4-9-15-18/h3-4,6-8,12-15H,1-2,5,10-11,16H2. The van der Waals surface area contributed by atoms with E-state index in [2.05, 4.69) is 36.4 Å². The molecule has 0 bridgehead atoms. The third kappa shape index (κ3) is 5.60. The highest BCUT2D eigenvalue weighted by Crippen LogP contribution is 2.10. The van der Waals surface area contributed by atoms with Crippen molar-refractivity contribution in [2.75, 3.05) is 6.61 Å². The molecule has 2 rings (SSSR count). The van der Waals surface area contributed by atoms with Crippen LogP contribution in [0.2, 0.25) is 0 Å². The third-order valence-electron chi connectivity index (χ3n) is 3.15. The summed E-state index contributed by atoms with van der Waals surface area (Å²) in [6.07, 6.45) is 6.10. The SMILES string of the molecule is [c]1cccc(OCCCCCCc2ccccc2)c1. The van der Waals surface area contributed by atoms with Crippen molar-refractivity contribution in [3.8, 4) is 5.75 Å². The summed E-state index contributed by atoms with van der Waals surface area (Å²) in [4.78, 5) is 0. The monoisotopic (exact) mass is 253 g/mol. The average Bonchev–Trinajstić information content (AvgIpc) is 2.48. The van der Waals surface area contributed by atoms with Gasteiger partial charge in [-0.05, 0) is 43.0 Å². The Kier molecular flexibility index (Phi) is 6.01. The van der Waals surface area contributed by atoms with Crippen LogP contribution in [0.1, 0.15) is 31.2 Å². The van der Waals surface area contributed by atoms with Crippen LogP contribution < -0.4 is 4.74 Å².